The number of benzene rings is 11. The Hall–Kier alpha value is -8.14. The largest absolute Gasteiger partial charge is 0.458 e. The zero-order chi connectivity index (χ0) is 41.9. The molecule has 11 aromatic carbocycles. The van der Waals surface area contributed by atoms with Gasteiger partial charge in [0.25, 0.3) is 6.71 Å². The molecular weight excluding hydrogens is 775 g/mol. The summed E-state index contributed by atoms with van der Waals surface area (Å²) in [6.07, 6.45) is 0.866. The van der Waals surface area contributed by atoms with Crippen LogP contribution in [-0.4, -0.2) is 6.71 Å². The summed E-state index contributed by atoms with van der Waals surface area (Å²) < 4.78 is 13.3. The van der Waals surface area contributed by atoms with E-state index < -0.39 is 0 Å². The Kier molecular flexibility index (Phi) is 7.58. The molecule has 2 aliphatic heterocycles. The summed E-state index contributed by atoms with van der Waals surface area (Å²) in [5, 5.41) is 7.77. The van der Waals surface area contributed by atoms with Crippen LogP contribution in [0, 0.1) is 0 Å². The molecule has 1 aliphatic carbocycles. The minimum Gasteiger partial charge on any atom is -0.458 e. The standard InChI is InChI=1S/C61H37BO2/c1-2-19-47-45(17-1)46-18-3-4-20-48(46)52-33-39(29-30-51(47)52)37-13-9-15-40(31-37)43-21-11-23-49-50-24-12-22-44(54(50)36-53(43)49)41-16-10-14-38(32-41)42-34-59-61-60(35-42)64-58-28-8-6-26-56(58)62(61)55-25-5-7-27-57(55)63-59/h1-35H,36H2. The van der Waals surface area contributed by atoms with Crippen LogP contribution in [0.3, 0.4) is 0 Å². The van der Waals surface area contributed by atoms with Crippen LogP contribution in [0.15, 0.2) is 212 Å². The molecule has 0 unspecified atom stereocenters. The second-order valence-electron chi connectivity index (χ2n) is 17.5. The summed E-state index contributed by atoms with van der Waals surface area (Å²) >= 11 is 0. The van der Waals surface area contributed by atoms with Crippen LogP contribution < -0.4 is 25.9 Å². The molecule has 0 bridgehead atoms. The van der Waals surface area contributed by atoms with E-state index in [2.05, 4.69) is 212 Å². The Bertz CT molecular complexity index is 3680. The van der Waals surface area contributed by atoms with Gasteiger partial charge in [-0.25, -0.2) is 0 Å². The lowest BCUT2D eigenvalue weighted by Crippen LogP contribution is -2.57. The maximum Gasteiger partial charge on any atom is 0.260 e. The predicted octanol–water partition coefficient (Wildman–Crippen LogP) is 14.1. The van der Waals surface area contributed by atoms with Crippen molar-refractivity contribution in [1.82, 2.24) is 0 Å². The Balaban J connectivity index is 0.825. The summed E-state index contributed by atoms with van der Waals surface area (Å²) in [6, 6.07) is 77.5. The molecule has 0 saturated heterocycles. The topological polar surface area (TPSA) is 18.5 Å². The molecule has 64 heavy (non-hydrogen) atoms. The highest BCUT2D eigenvalue weighted by molar-refractivity contribution is 6.98. The number of ether oxygens (including phenoxy) is 2. The van der Waals surface area contributed by atoms with Gasteiger partial charge in [-0.15, -0.1) is 0 Å². The molecule has 296 valence electrons. The van der Waals surface area contributed by atoms with Gasteiger partial charge in [-0.05, 0) is 159 Å². The fourth-order valence-corrected chi connectivity index (χ4v) is 11.2. The number of rotatable bonds is 4. The molecule has 3 heteroatoms. The predicted molar refractivity (Wildman–Crippen MR) is 267 cm³/mol. The van der Waals surface area contributed by atoms with Crippen LogP contribution >= 0.6 is 0 Å². The molecule has 0 N–H and O–H groups in total. The van der Waals surface area contributed by atoms with Gasteiger partial charge in [-0.3, -0.25) is 0 Å². The van der Waals surface area contributed by atoms with Gasteiger partial charge in [0.2, 0.25) is 0 Å². The molecule has 0 spiro atoms. The normalized spacial score (nSPS) is 12.8. The highest BCUT2D eigenvalue weighted by atomic mass is 16.5. The average Bonchev–Trinajstić information content (AvgIpc) is 3.75. The van der Waals surface area contributed by atoms with Crippen molar-refractivity contribution in [3.8, 4) is 78.6 Å². The van der Waals surface area contributed by atoms with Crippen molar-refractivity contribution >= 4 is 55.4 Å². The van der Waals surface area contributed by atoms with E-state index in [1.165, 1.54) is 98.9 Å². The van der Waals surface area contributed by atoms with Crippen molar-refractivity contribution in [2.24, 2.45) is 0 Å². The lowest BCUT2D eigenvalue weighted by molar-refractivity contribution is 0.465. The van der Waals surface area contributed by atoms with Gasteiger partial charge >= 0.3 is 0 Å². The third-order valence-electron chi connectivity index (χ3n) is 14.0. The van der Waals surface area contributed by atoms with Crippen LogP contribution in [-0.2, 0) is 6.42 Å². The van der Waals surface area contributed by atoms with Crippen LogP contribution in [0.4, 0.5) is 0 Å². The van der Waals surface area contributed by atoms with Gasteiger partial charge in [0.1, 0.15) is 23.0 Å². The molecule has 0 amide bonds. The monoisotopic (exact) mass is 812 g/mol. The molecule has 0 saturated carbocycles. The van der Waals surface area contributed by atoms with Crippen LogP contribution in [0.2, 0.25) is 0 Å². The van der Waals surface area contributed by atoms with Crippen molar-refractivity contribution in [3.63, 3.8) is 0 Å². The van der Waals surface area contributed by atoms with Crippen LogP contribution in [0.25, 0.3) is 88.0 Å². The van der Waals surface area contributed by atoms with E-state index in [1.54, 1.807) is 0 Å². The van der Waals surface area contributed by atoms with E-state index in [4.69, 9.17) is 9.47 Å². The van der Waals surface area contributed by atoms with E-state index in [9.17, 15) is 0 Å². The summed E-state index contributed by atoms with van der Waals surface area (Å²) in [5.41, 5.74) is 18.4. The molecule has 2 nitrogen and oxygen atoms in total. The lowest BCUT2D eigenvalue weighted by atomic mass is 9.35. The maximum absolute atomic E-state index is 6.66. The molecule has 11 aromatic rings. The first-order chi connectivity index (χ1) is 31.7. The molecule has 0 atom stereocenters. The van der Waals surface area contributed by atoms with E-state index in [0.29, 0.717) is 0 Å². The second kappa shape index (κ2) is 13.7. The highest BCUT2D eigenvalue weighted by Gasteiger charge is 2.40. The first kappa shape index (κ1) is 35.5. The van der Waals surface area contributed by atoms with Gasteiger partial charge in [0.15, 0.2) is 0 Å². The molecule has 0 radical (unpaired) electrons. The van der Waals surface area contributed by atoms with Gasteiger partial charge in [-0.1, -0.05) is 170 Å². The van der Waals surface area contributed by atoms with Crippen LogP contribution in [0.1, 0.15) is 11.1 Å². The zero-order valence-corrected chi connectivity index (χ0v) is 34.8. The first-order valence-electron chi connectivity index (χ1n) is 22.2. The Morgan fingerprint density at radius 2 is 0.703 bits per heavy atom. The molecule has 3 aliphatic rings. The number of hydrogen-bond donors (Lipinski definition) is 0. The summed E-state index contributed by atoms with van der Waals surface area (Å²) in [5.74, 6) is 3.50. The van der Waals surface area contributed by atoms with E-state index in [1.807, 2.05) is 0 Å². The van der Waals surface area contributed by atoms with Gasteiger partial charge in [0.05, 0.1) is 0 Å². The molecule has 2 heterocycles. The molecular formula is C61H37BO2. The van der Waals surface area contributed by atoms with Gasteiger partial charge in [-0.2, -0.15) is 0 Å². The van der Waals surface area contributed by atoms with Crippen LogP contribution in [0.5, 0.6) is 23.0 Å². The summed E-state index contributed by atoms with van der Waals surface area (Å²) in [7, 11) is 0. The number of hydrogen-bond acceptors (Lipinski definition) is 2. The van der Waals surface area contributed by atoms with E-state index in [0.717, 1.165) is 46.0 Å². The SMILES string of the molecule is c1cc(-c2cc3c4c(c2)Oc2ccccc2B4c2ccccc2O3)cc(-c2cccc3c2Cc2c(-c4cccc(-c5ccc6c7ccccc7c7ccccc7c6c5)c4)cccc2-3)c1. The lowest BCUT2D eigenvalue weighted by Gasteiger charge is -2.33. The highest BCUT2D eigenvalue weighted by Crippen LogP contribution is 2.47. The minimum absolute atomic E-state index is 0.0571. The smallest absolute Gasteiger partial charge is 0.260 e. The molecule has 0 fully saturated rings. The average molecular weight is 813 g/mol. The van der Waals surface area contributed by atoms with Crippen molar-refractivity contribution in [1.29, 1.82) is 0 Å². The fraction of sp³-hybridized carbons (Fsp3) is 0.0164. The fourth-order valence-electron chi connectivity index (χ4n) is 11.2. The van der Waals surface area contributed by atoms with Crippen molar-refractivity contribution in [3.05, 3.63) is 223 Å². The third-order valence-corrected chi connectivity index (χ3v) is 14.0. The second-order valence-corrected chi connectivity index (χ2v) is 17.5. The zero-order valence-electron chi connectivity index (χ0n) is 34.8. The van der Waals surface area contributed by atoms with E-state index >= 15 is 0 Å². The molecule has 0 aromatic heterocycles. The van der Waals surface area contributed by atoms with Gasteiger partial charge in [0, 0.05) is 5.46 Å². The molecule has 14 rings (SSSR count). The Morgan fingerprint density at radius 1 is 0.281 bits per heavy atom. The third kappa shape index (κ3) is 5.28. The Morgan fingerprint density at radius 3 is 1.27 bits per heavy atom. The first-order valence-corrected chi connectivity index (χ1v) is 22.2. The summed E-state index contributed by atoms with van der Waals surface area (Å²) in [4.78, 5) is 0. The van der Waals surface area contributed by atoms with Crippen molar-refractivity contribution < 1.29 is 9.47 Å². The minimum atomic E-state index is 0.0571. The van der Waals surface area contributed by atoms with Gasteiger partial charge < -0.3 is 9.47 Å². The van der Waals surface area contributed by atoms with Crippen molar-refractivity contribution in [2.45, 2.75) is 6.42 Å². The number of fused-ring (bicyclic) bond motifs is 13. The quantitative estimate of drug-likeness (QED) is 0.130. The summed E-state index contributed by atoms with van der Waals surface area (Å²) in [6.45, 7) is 0.0571. The Labute approximate surface area is 371 Å². The van der Waals surface area contributed by atoms with E-state index in [-0.39, 0.29) is 6.71 Å². The maximum atomic E-state index is 6.66. The number of para-hydroxylation sites is 2. The van der Waals surface area contributed by atoms with Crippen molar-refractivity contribution in [2.75, 3.05) is 0 Å².